The molecule has 4 saturated carbocycles. The van der Waals surface area contributed by atoms with Gasteiger partial charge in [-0.15, -0.1) is 0 Å². The molecule has 0 aromatic rings. The molecule has 0 saturated heterocycles. The zero-order chi connectivity index (χ0) is 14.6. The molecule has 4 rings (SSSR count). The summed E-state index contributed by atoms with van der Waals surface area (Å²) in [6.07, 6.45) is 10.2. The summed E-state index contributed by atoms with van der Waals surface area (Å²) in [5.74, 6) is 4.09. The first-order valence-electron chi connectivity index (χ1n) is 8.76. The minimum Gasteiger partial charge on any atom is -0.392 e. The zero-order valence-corrected chi connectivity index (χ0v) is 13.4. The van der Waals surface area contributed by atoms with E-state index < -0.39 is 0 Å². The predicted molar refractivity (Wildman–Crippen MR) is 86.6 cm³/mol. The Hall–Kier alpha value is -0.640. The van der Waals surface area contributed by atoms with Crippen LogP contribution in [0.2, 0.25) is 0 Å². The molecule has 3 N–H and O–H groups in total. The van der Waals surface area contributed by atoms with Gasteiger partial charge in [0.1, 0.15) is 0 Å². The lowest BCUT2D eigenvalue weighted by Gasteiger charge is -2.30. The number of nitrogens with two attached hydrogens (primary N) is 1. The van der Waals surface area contributed by atoms with E-state index in [1.807, 2.05) is 0 Å². The summed E-state index contributed by atoms with van der Waals surface area (Å²) in [5, 5.41) is 3.24. The van der Waals surface area contributed by atoms with Crippen LogP contribution in [0.4, 0.5) is 0 Å². The Bertz CT molecular complexity index is 444. The lowest BCUT2D eigenvalue weighted by Crippen LogP contribution is -2.49. The molecular formula is C17H26N2OS. The molecule has 0 aromatic heterocycles. The largest absolute Gasteiger partial charge is 0.392 e. The number of thiocarbonyl (C=S) groups is 1. The van der Waals surface area contributed by atoms with E-state index in [0.29, 0.717) is 22.7 Å². The molecule has 0 aromatic carbocycles. The predicted octanol–water partition coefficient (Wildman–Crippen LogP) is 2.63. The number of hydrogen-bond donors (Lipinski definition) is 2. The van der Waals surface area contributed by atoms with E-state index in [2.05, 4.69) is 5.32 Å². The fourth-order valence-electron chi connectivity index (χ4n) is 5.81. The van der Waals surface area contributed by atoms with Crippen LogP contribution in [-0.2, 0) is 4.79 Å². The van der Waals surface area contributed by atoms with Crippen LogP contribution in [-0.4, -0.2) is 16.9 Å². The second kappa shape index (κ2) is 5.22. The third-order valence-electron chi connectivity index (χ3n) is 6.76. The summed E-state index contributed by atoms with van der Waals surface area (Å²) < 4.78 is 0. The molecule has 0 heterocycles. The molecule has 1 amide bonds. The van der Waals surface area contributed by atoms with Gasteiger partial charge in [0.2, 0.25) is 5.91 Å². The number of nitrogens with one attached hydrogen (secondary N) is 1. The molecule has 4 aliphatic rings. The van der Waals surface area contributed by atoms with Gasteiger partial charge in [0.05, 0.1) is 11.0 Å². The second-order valence-corrected chi connectivity index (χ2v) is 8.27. The quantitative estimate of drug-likeness (QED) is 0.785. The standard InChI is InChI=1S/C17H26N2OS/c18-16(21)15(9-4-2-1-3-5-9)19-17(20)14-12-10-6-7-11(8-10)13(12)14/h9-15H,1-8H2,(H2,18,21)(H,19,20). The number of hydrogen-bond acceptors (Lipinski definition) is 2. The topological polar surface area (TPSA) is 55.1 Å². The summed E-state index contributed by atoms with van der Waals surface area (Å²) in [6.45, 7) is 0. The van der Waals surface area contributed by atoms with E-state index in [1.54, 1.807) is 0 Å². The van der Waals surface area contributed by atoms with Crippen LogP contribution < -0.4 is 11.1 Å². The van der Waals surface area contributed by atoms with Crippen molar-refractivity contribution in [3.63, 3.8) is 0 Å². The minimum absolute atomic E-state index is 0.0632. The maximum absolute atomic E-state index is 12.7. The van der Waals surface area contributed by atoms with Gasteiger partial charge in [-0.2, -0.15) is 0 Å². The summed E-state index contributed by atoms with van der Waals surface area (Å²) in [5.41, 5.74) is 5.94. The fourth-order valence-corrected chi connectivity index (χ4v) is 6.07. The highest BCUT2D eigenvalue weighted by Gasteiger charge is 2.67. The lowest BCUT2D eigenvalue weighted by molar-refractivity contribution is -0.124. The van der Waals surface area contributed by atoms with Gasteiger partial charge in [-0.1, -0.05) is 31.5 Å². The molecule has 0 aliphatic heterocycles. The van der Waals surface area contributed by atoms with Crippen molar-refractivity contribution >= 4 is 23.1 Å². The van der Waals surface area contributed by atoms with E-state index in [0.717, 1.165) is 24.7 Å². The first kappa shape index (κ1) is 14.0. The van der Waals surface area contributed by atoms with Crippen LogP contribution >= 0.6 is 12.2 Å². The van der Waals surface area contributed by atoms with Gasteiger partial charge in [-0.3, -0.25) is 4.79 Å². The Morgan fingerprint density at radius 1 is 1.05 bits per heavy atom. The highest BCUT2D eigenvalue weighted by molar-refractivity contribution is 7.80. The summed E-state index contributed by atoms with van der Waals surface area (Å²) in [6, 6.07) is -0.0632. The summed E-state index contributed by atoms with van der Waals surface area (Å²) in [7, 11) is 0. The smallest absolute Gasteiger partial charge is 0.224 e. The second-order valence-electron chi connectivity index (χ2n) is 7.80. The van der Waals surface area contributed by atoms with Crippen molar-refractivity contribution in [1.82, 2.24) is 5.32 Å². The highest BCUT2D eigenvalue weighted by atomic mass is 32.1. The summed E-state index contributed by atoms with van der Waals surface area (Å²) in [4.78, 5) is 13.2. The van der Waals surface area contributed by atoms with Gasteiger partial charge in [0.25, 0.3) is 0 Å². The third-order valence-corrected chi connectivity index (χ3v) is 7.02. The number of amides is 1. The molecular weight excluding hydrogens is 280 g/mol. The van der Waals surface area contributed by atoms with Crippen molar-refractivity contribution in [2.75, 3.05) is 0 Å². The van der Waals surface area contributed by atoms with Crippen molar-refractivity contribution in [2.24, 2.45) is 41.2 Å². The molecule has 116 valence electrons. The molecule has 4 aliphatic carbocycles. The van der Waals surface area contributed by atoms with E-state index >= 15 is 0 Å². The molecule has 0 spiro atoms. The molecule has 3 nitrogen and oxygen atoms in total. The van der Waals surface area contributed by atoms with Crippen LogP contribution in [0.5, 0.6) is 0 Å². The molecule has 5 atom stereocenters. The molecule has 4 heteroatoms. The Morgan fingerprint density at radius 2 is 1.67 bits per heavy atom. The van der Waals surface area contributed by atoms with Crippen LogP contribution in [0, 0.1) is 35.5 Å². The number of rotatable bonds is 4. The number of carbonyl (C=O) groups excluding carboxylic acids is 1. The highest BCUT2D eigenvalue weighted by Crippen LogP contribution is 2.69. The van der Waals surface area contributed by atoms with Crippen LogP contribution in [0.15, 0.2) is 0 Å². The zero-order valence-electron chi connectivity index (χ0n) is 12.6. The normalized spacial score (nSPS) is 42.4. The molecule has 5 unspecified atom stereocenters. The molecule has 2 bridgehead atoms. The Kier molecular flexibility index (Phi) is 3.48. The van der Waals surface area contributed by atoms with Gasteiger partial charge < -0.3 is 11.1 Å². The lowest BCUT2D eigenvalue weighted by atomic mass is 9.83. The van der Waals surface area contributed by atoms with Crippen molar-refractivity contribution in [1.29, 1.82) is 0 Å². The van der Waals surface area contributed by atoms with Gasteiger partial charge in [-0.05, 0) is 61.7 Å². The molecule has 4 fully saturated rings. The van der Waals surface area contributed by atoms with Gasteiger partial charge in [0, 0.05) is 5.92 Å². The average molecular weight is 306 g/mol. The van der Waals surface area contributed by atoms with E-state index in [9.17, 15) is 4.79 Å². The molecule has 0 radical (unpaired) electrons. The first-order chi connectivity index (χ1) is 10.2. The Balaban J connectivity index is 1.39. The van der Waals surface area contributed by atoms with Crippen molar-refractivity contribution in [3.05, 3.63) is 0 Å². The third kappa shape index (κ3) is 2.30. The monoisotopic (exact) mass is 306 g/mol. The van der Waals surface area contributed by atoms with Crippen molar-refractivity contribution < 1.29 is 4.79 Å². The van der Waals surface area contributed by atoms with E-state index in [4.69, 9.17) is 18.0 Å². The van der Waals surface area contributed by atoms with Crippen LogP contribution in [0.1, 0.15) is 51.4 Å². The first-order valence-corrected chi connectivity index (χ1v) is 9.17. The minimum atomic E-state index is -0.0632. The number of carbonyl (C=O) groups is 1. The van der Waals surface area contributed by atoms with Crippen LogP contribution in [0.3, 0.4) is 0 Å². The van der Waals surface area contributed by atoms with E-state index in [1.165, 1.54) is 38.5 Å². The Labute approximate surface area is 132 Å². The average Bonchev–Trinajstić information content (AvgIpc) is 2.93. The summed E-state index contributed by atoms with van der Waals surface area (Å²) >= 11 is 5.25. The van der Waals surface area contributed by atoms with Gasteiger partial charge >= 0.3 is 0 Å². The Morgan fingerprint density at radius 3 is 2.24 bits per heavy atom. The van der Waals surface area contributed by atoms with Crippen molar-refractivity contribution in [3.8, 4) is 0 Å². The van der Waals surface area contributed by atoms with Crippen molar-refractivity contribution in [2.45, 2.75) is 57.4 Å². The number of fused-ring (bicyclic) bond motifs is 5. The van der Waals surface area contributed by atoms with E-state index in [-0.39, 0.29) is 17.9 Å². The maximum Gasteiger partial charge on any atom is 0.224 e. The molecule has 21 heavy (non-hydrogen) atoms. The van der Waals surface area contributed by atoms with Gasteiger partial charge in [-0.25, -0.2) is 0 Å². The fraction of sp³-hybridized carbons (Fsp3) is 0.882. The van der Waals surface area contributed by atoms with Crippen LogP contribution in [0.25, 0.3) is 0 Å². The maximum atomic E-state index is 12.7. The van der Waals surface area contributed by atoms with Gasteiger partial charge in [0.15, 0.2) is 0 Å². The SMILES string of the molecule is NC(=S)C(NC(=O)C1C2C3CCC(C3)C12)C1CCCCC1.